The van der Waals surface area contributed by atoms with E-state index in [1.165, 1.54) is 18.5 Å². The molecule has 2 heterocycles. The number of nitrogens with one attached hydrogen (secondary N) is 1. The van der Waals surface area contributed by atoms with Crippen molar-refractivity contribution < 1.29 is 13.2 Å². The number of fused-ring (bicyclic) bond motifs is 1. The van der Waals surface area contributed by atoms with Crippen molar-refractivity contribution in [3.8, 4) is 5.75 Å². The molecule has 6 nitrogen and oxygen atoms in total. The first-order valence-corrected chi connectivity index (χ1v) is 7.67. The second-order valence-electron chi connectivity index (χ2n) is 4.20. The molecule has 0 saturated heterocycles. The molecule has 0 radical (unpaired) electrons. The van der Waals surface area contributed by atoms with Gasteiger partial charge in [0.1, 0.15) is 23.0 Å². The average molecular weight is 312 g/mol. The summed E-state index contributed by atoms with van der Waals surface area (Å²) in [5.41, 5.74) is 0.883. The van der Waals surface area contributed by atoms with Gasteiger partial charge >= 0.3 is 0 Å². The van der Waals surface area contributed by atoms with Gasteiger partial charge in [-0.1, -0.05) is 11.6 Å². The molecule has 20 heavy (non-hydrogen) atoms. The molecule has 1 N–H and O–H groups in total. The highest BCUT2D eigenvalue weighted by Crippen LogP contribution is 2.28. The lowest BCUT2D eigenvalue weighted by Crippen LogP contribution is -2.14. The van der Waals surface area contributed by atoms with E-state index in [0.29, 0.717) is 13.0 Å². The number of rotatable bonds is 3. The van der Waals surface area contributed by atoms with E-state index in [-0.39, 0.29) is 15.9 Å². The van der Waals surface area contributed by atoms with E-state index < -0.39 is 10.0 Å². The SMILES string of the molecule is O=S(=O)(Nc1cc(Cl)ncn1)c1ccc2c(c1)CCO2. The van der Waals surface area contributed by atoms with Crippen LogP contribution in [0, 0.1) is 0 Å². The zero-order valence-corrected chi connectivity index (χ0v) is 11.8. The Kier molecular flexibility index (Phi) is 3.23. The number of sulfonamides is 1. The highest BCUT2D eigenvalue weighted by Gasteiger charge is 2.19. The maximum Gasteiger partial charge on any atom is 0.263 e. The first-order chi connectivity index (χ1) is 9.54. The molecular formula is C12H10ClN3O3S. The Bertz CT molecular complexity index is 764. The van der Waals surface area contributed by atoms with Gasteiger partial charge in [-0.3, -0.25) is 4.72 Å². The van der Waals surface area contributed by atoms with E-state index >= 15 is 0 Å². The van der Waals surface area contributed by atoms with E-state index in [0.717, 1.165) is 11.3 Å². The second kappa shape index (κ2) is 4.92. The minimum atomic E-state index is -3.71. The molecule has 1 aromatic heterocycles. The summed E-state index contributed by atoms with van der Waals surface area (Å²) in [6, 6.07) is 6.10. The molecule has 0 saturated carbocycles. The molecule has 0 bridgehead atoms. The Labute approximate surface area is 120 Å². The summed E-state index contributed by atoms with van der Waals surface area (Å²) in [4.78, 5) is 7.67. The third-order valence-electron chi connectivity index (χ3n) is 2.84. The van der Waals surface area contributed by atoms with Crippen LogP contribution in [0.15, 0.2) is 35.5 Å². The molecule has 3 rings (SSSR count). The molecule has 104 valence electrons. The van der Waals surface area contributed by atoms with Crippen molar-refractivity contribution in [3.05, 3.63) is 41.3 Å². The quantitative estimate of drug-likeness (QED) is 0.875. The smallest absolute Gasteiger partial charge is 0.263 e. The Morgan fingerprint density at radius 3 is 2.90 bits per heavy atom. The molecule has 1 aromatic carbocycles. The molecule has 0 atom stereocenters. The first-order valence-electron chi connectivity index (χ1n) is 5.81. The van der Waals surface area contributed by atoms with Crippen molar-refractivity contribution in [2.45, 2.75) is 11.3 Å². The fraction of sp³-hybridized carbons (Fsp3) is 0.167. The van der Waals surface area contributed by atoms with Crippen LogP contribution in [0.3, 0.4) is 0 Å². The molecule has 0 spiro atoms. The maximum atomic E-state index is 12.3. The summed E-state index contributed by atoms with van der Waals surface area (Å²) in [5.74, 6) is 0.857. The van der Waals surface area contributed by atoms with Gasteiger partial charge in [-0.25, -0.2) is 18.4 Å². The van der Waals surface area contributed by atoms with Crippen LogP contribution >= 0.6 is 11.6 Å². The fourth-order valence-corrected chi connectivity index (χ4v) is 3.11. The Morgan fingerprint density at radius 1 is 1.25 bits per heavy atom. The third kappa shape index (κ3) is 2.54. The molecule has 0 amide bonds. The molecule has 0 unspecified atom stereocenters. The van der Waals surface area contributed by atoms with Gasteiger partial charge in [-0.15, -0.1) is 0 Å². The molecule has 0 aliphatic carbocycles. The van der Waals surface area contributed by atoms with Crippen LogP contribution in [0.2, 0.25) is 5.15 Å². The van der Waals surface area contributed by atoms with E-state index in [1.807, 2.05) is 0 Å². The van der Waals surface area contributed by atoms with Crippen LogP contribution in [-0.4, -0.2) is 25.0 Å². The van der Waals surface area contributed by atoms with Crippen molar-refractivity contribution in [3.63, 3.8) is 0 Å². The van der Waals surface area contributed by atoms with Crippen LogP contribution < -0.4 is 9.46 Å². The lowest BCUT2D eigenvalue weighted by Gasteiger charge is -2.08. The molecule has 8 heteroatoms. The van der Waals surface area contributed by atoms with Crippen LogP contribution in [0.25, 0.3) is 0 Å². The molecule has 2 aromatic rings. The van der Waals surface area contributed by atoms with Crippen LogP contribution in [0.1, 0.15) is 5.56 Å². The van der Waals surface area contributed by atoms with E-state index in [9.17, 15) is 8.42 Å². The Morgan fingerprint density at radius 2 is 2.10 bits per heavy atom. The minimum Gasteiger partial charge on any atom is -0.493 e. The fourth-order valence-electron chi connectivity index (χ4n) is 1.92. The highest BCUT2D eigenvalue weighted by molar-refractivity contribution is 7.92. The van der Waals surface area contributed by atoms with Gasteiger partial charge < -0.3 is 4.74 Å². The first kappa shape index (κ1) is 13.1. The minimum absolute atomic E-state index is 0.127. The van der Waals surface area contributed by atoms with Crippen molar-refractivity contribution in [2.75, 3.05) is 11.3 Å². The van der Waals surface area contributed by atoms with Gasteiger partial charge in [0, 0.05) is 12.5 Å². The largest absolute Gasteiger partial charge is 0.493 e. The van der Waals surface area contributed by atoms with Crippen LogP contribution in [-0.2, 0) is 16.4 Å². The molecular weight excluding hydrogens is 302 g/mol. The zero-order valence-electron chi connectivity index (χ0n) is 10.2. The third-order valence-corrected chi connectivity index (χ3v) is 4.40. The summed E-state index contributed by atoms with van der Waals surface area (Å²) < 4.78 is 32.2. The summed E-state index contributed by atoms with van der Waals surface area (Å²) in [5, 5.41) is 0.167. The maximum absolute atomic E-state index is 12.3. The molecule has 1 aliphatic heterocycles. The topological polar surface area (TPSA) is 81.2 Å². The number of anilines is 1. The number of halogens is 1. The number of ether oxygens (including phenoxy) is 1. The van der Waals surface area contributed by atoms with E-state index in [2.05, 4.69) is 14.7 Å². The number of hydrogen-bond donors (Lipinski definition) is 1. The normalized spacial score (nSPS) is 13.7. The lowest BCUT2D eigenvalue weighted by molar-refractivity contribution is 0.356. The summed E-state index contributed by atoms with van der Waals surface area (Å²) >= 11 is 5.69. The van der Waals surface area contributed by atoms with Crippen molar-refractivity contribution >= 4 is 27.4 Å². The van der Waals surface area contributed by atoms with Gasteiger partial charge in [0.15, 0.2) is 0 Å². The number of benzene rings is 1. The Balaban J connectivity index is 1.92. The van der Waals surface area contributed by atoms with Gasteiger partial charge in [0.2, 0.25) is 0 Å². The predicted octanol–water partition coefficient (Wildman–Crippen LogP) is 1.87. The number of nitrogens with zero attached hydrogens (tertiary/aromatic N) is 2. The molecule has 1 aliphatic rings. The van der Waals surface area contributed by atoms with E-state index in [4.69, 9.17) is 16.3 Å². The van der Waals surface area contributed by atoms with Crippen molar-refractivity contribution in [2.24, 2.45) is 0 Å². The average Bonchev–Trinajstić information content (AvgIpc) is 2.85. The van der Waals surface area contributed by atoms with Crippen LogP contribution in [0.4, 0.5) is 5.82 Å². The zero-order chi connectivity index (χ0) is 14.2. The van der Waals surface area contributed by atoms with Gasteiger partial charge in [0.05, 0.1) is 11.5 Å². The number of aromatic nitrogens is 2. The monoisotopic (exact) mass is 311 g/mol. The second-order valence-corrected chi connectivity index (χ2v) is 6.27. The number of hydrogen-bond acceptors (Lipinski definition) is 5. The van der Waals surface area contributed by atoms with Crippen molar-refractivity contribution in [1.29, 1.82) is 0 Å². The molecule has 0 fully saturated rings. The lowest BCUT2D eigenvalue weighted by atomic mass is 10.2. The summed E-state index contributed by atoms with van der Waals surface area (Å²) in [7, 11) is -3.71. The van der Waals surface area contributed by atoms with E-state index in [1.54, 1.807) is 12.1 Å². The van der Waals surface area contributed by atoms with Gasteiger partial charge in [-0.05, 0) is 23.8 Å². The summed E-state index contributed by atoms with van der Waals surface area (Å²) in [6.07, 6.45) is 1.90. The highest BCUT2D eigenvalue weighted by atomic mass is 35.5. The van der Waals surface area contributed by atoms with Crippen molar-refractivity contribution in [1.82, 2.24) is 9.97 Å². The van der Waals surface area contributed by atoms with Gasteiger partial charge in [0.25, 0.3) is 10.0 Å². The van der Waals surface area contributed by atoms with Gasteiger partial charge in [-0.2, -0.15) is 0 Å². The predicted molar refractivity (Wildman–Crippen MR) is 73.5 cm³/mol. The standard InChI is InChI=1S/C12H10ClN3O3S/c13-11-6-12(15-7-14-11)16-20(17,18)9-1-2-10-8(5-9)3-4-19-10/h1-2,5-7H,3-4H2,(H,14,15,16). The Hall–Kier alpha value is -1.86. The van der Waals surface area contributed by atoms with Crippen LogP contribution in [0.5, 0.6) is 5.75 Å². The summed E-state index contributed by atoms with van der Waals surface area (Å²) in [6.45, 7) is 0.577.